The van der Waals surface area contributed by atoms with Crippen molar-refractivity contribution in [2.24, 2.45) is 0 Å². The number of aryl methyl sites for hydroxylation is 1. The predicted molar refractivity (Wildman–Crippen MR) is 77.0 cm³/mol. The molecular formula is C14H22F3N3O. The number of rotatable bonds is 7. The first kappa shape index (κ1) is 17.6. The minimum atomic E-state index is -4.36. The van der Waals surface area contributed by atoms with E-state index in [2.05, 4.69) is 4.98 Å². The minimum absolute atomic E-state index is 0.00349. The average molecular weight is 305 g/mol. The van der Waals surface area contributed by atoms with Crippen LogP contribution in [0, 0.1) is 0 Å². The Balaban J connectivity index is 2.84. The summed E-state index contributed by atoms with van der Waals surface area (Å²) in [5, 5.41) is 0. The largest absolute Gasteiger partial charge is 0.468 e. The van der Waals surface area contributed by atoms with E-state index in [9.17, 15) is 13.2 Å². The molecule has 0 fully saturated rings. The quantitative estimate of drug-likeness (QED) is 0.774. The fourth-order valence-corrected chi connectivity index (χ4v) is 1.76. The number of likely N-dealkylation sites (N-methyl/N-ethyl adjacent to an activating group) is 2. The van der Waals surface area contributed by atoms with Gasteiger partial charge in [0.1, 0.15) is 5.82 Å². The van der Waals surface area contributed by atoms with Crippen LogP contribution in [-0.2, 0) is 6.42 Å². The lowest BCUT2D eigenvalue weighted by Crippen LogP contribution is -2.30. The molecule has 0 amide bonds. The molecule has 120 valence electrons. The maximum atomic E-state index is 12.2. The Morgan fingerprint density at radius 1 is 1.14 bits per heavy atom. The highest BCUT2D eigenvalue weighted by Gasteiger charge is 2.28. The molecule has 1 rings (SSSR count). The molecule has 0 spiro atoms. The second kappa shape index (κ2) is 7.49. The van der Waals surface area contributed by atoms with E-state index in [1.165, 1.54) is 6.07 Å². The van der Waals surface area contributed by atoms with Crippen LogP contribution in [0.5, 0.6) is 5.88 Å². The molecule has 0 aliphatic heterocycles. The number of hydrogen-bond acceptors (Lipinski definition) is 4. The molecule has 0 N–H and O–H groups in total. The number of halogens is 3. The van der Waals surface area contributed by atoms with Gasteiger partial charge in [0.25, 0.3) is 0 Å². The summed E-state index contributed by atoms with van der Waals surface area (Å²) in [6, 6.07) is 3.24. The van der Waals surface area contributed by atoms with E-state index >= 15 is 0 Å². The predicted octanol–water partition coefficient (Wildman–Crippen LogP) is 2.58. The fraction of sp³-hybridized carbons (Fsp3) is 0.643. The Bertz CT molecular complexity index is 450. The lowest BCUT2D eigenvalue weighted by Gasteiger charge is -2.23. The van der Waals surface area contributed by atoms with Gasteiger partial charge in [0.05, 0.1) is 0 Å². The highest BCUT2D eigenvalue weighted by Crippen LogP contribution is 2.23. The van der Waals surface area contributed by atoms with E-state index in [4.69, 9.17) is 4.74 Å². The molecule has 4 nitrogen and oxygen atoms in total. The molecule has 0 aliphatic carbocycles. The van der Waals surface area contributed by atoms with Crippen LogP contribution in [0.25, 0.3) is 0 Å². The smallest absolute Gasteiger partial charge is 0.422 e. The van der Waals surface area contributed by atoms with Gasteiger partial charge in [-0.25, -0.2) is 0 Å². The summed E-state index contributed by atoms with van der Waals surface area (Å²) < 4.78 is 41.3. The number of pyridine rings is 1. The van der Waals surface area contributed by atoms with Crippen LogP contribution in [-0.4, -0.2) is 56.9 Å². The van der Waals surface area contributed by atoms with Crippen LogP contribution in [0.2, 0.25) is 0 Å². The van der Waals surface area contributed by atoms with E-state index < -0.39 is 12.8 Å². The van der Waals surface area contributed by atoms with Crippen LogP contribution in [0.15, 0.2) is 12.1 Å². The first-order valence-electron chi connectivity index (χ1n) is 6.78. The van der Waals surface area contributed by atoms with Crippen molar-refractivity contribution in [1.82, 2.24) is 9.88 Å². The molecule has 1 aromatic heterocycles. The van der Waals surface area contributed by atoms with Crippen molar-refractivity contribution < 1.29 is 17.9 Å². The summed E-state index contributed by atoms with van der Waals surface area (Å²) in [4.78, 5) is 8.17. The van der Waals surface area contributed by atoms with Gasteiger partial charge in [0.2, 0.25) is 5.88 Å². The summed E-state index contributed by atoms with van der Waals surface area (Å²) >= 11 is 0. The Morgan fingerprint density at radius 2 is 1.81 bits per heavy atom. The monoisotopic (exact) mass is 305 g/mol. The summed E-state index contributed by atoms with van der Waals surface area (Å²) in [6.07, 6.45) is -3.60. The standard InChI is InChI=1S/C14H22F3N3O/c1-5-11-6-7-12(21-10-14(15,16)17)18-13(11)20(4)9-8-19(2)3/h6-7H,5,8-10H2,1-4H3. The van der Waals surface area contributed by atoms with Gasteiger partial charge in [-0.15, -0.1) is 0 Å². The topological polar surface area (TPSA) is 28.6 Å². The first-order chi connectivity index (χ1) is 9.73. The number of anilines is 1. The van der Waals surface area contributed by atoms with Gasteiger partial charge in [0.15, 0.2) is 6.61 Å². The molecule has 21 heavy (non-hydrogen) atoms. The van der Waals surface area contributed by atoms with Crippen LogP contribution in [0.3, 0.4) is 0 Å². The molecule has 1 heterocycles. The zero-order chi connectivity index (χ0) is 16.0. The summed E-state index contributed by atoms with van der Waals surface area (Å²) in [5.41, 5.74) is 0.982. The van der Waals surface area contributed by atoms with E-state index in [1.807, 2.05) is 37.9 Å². The van der Waals surface area contributed by atoms with Crippen LogP contribution >= 0.6 is 0 Å². The average Bonchev–Trinajstić information content (AvgIpc) is 2.41. The third kappa shape index (κ3) is 6.20. The van der Waals surface area contributed by atoms with E-state index in [0.717, 1.165) is 25.1 Å². The third-order valence-electron chi connectivity index (χ3n) is 2.94. The van der Waals surface area contributed by atoms with E-state index in [0.29, 0.717) is 5.82 Å². The van der Waals surface area contributed by atoms with Gasteiger partial charge >= 0.3 is 6.18 Å². The van der Waals surface area contributed by atoms with Crippen molar-refractivity contribution in [3.8, 4) is 5.88 Å². The first-order valence-corrected chi connectivity index (χ1v) is 6.78. The Kier molecular flexibility index (Phi) is 6.26. The molecule has 0 saturated heterocycles. The van der Waals surface area contributed by atoms with Crippen LogP contribution in [0.4, 0.5) is 19.0 Å². The molecule has 0 aromatic carbocycles. The van der Waals surface area contributed by atoms with Crippen molar-refractivity contribution in [3.05, 3.63) is 17.7 Å². The summed E-state index contributed by atoms with van der Waals surface area (Å²) in [6.45, 7) is 2.22. The van der Waals surface area contributed by atoms with Crippen molar-refractivity contribution in [2.45, 2.75) is 19.5 Å². The minimum Gasteiger partial charge on any atom is -0.468 e. The van der Waals surface area contributed by atoms with Crippen molar-refractivity contribution in [3.63, 3.8) is 0 Å². The molecular weight excluding hydrogens is 283 g/mol. The molecule has 1 aromatic rings. The van der Waals surface area contributed by atoms with Gasteiger partial charge in [-0.1, -0.05) is 13.0 Å². The van der Waals surface area contributed by atoms with Crippen LogP contribution < -0.4 is 9.64 Å². The molecule has 0 bridgehead atoms. The lowest BCUT2D eigenvalue weighted by molar-refractivity contribution is -0.154. The van der Waals surface area contributed by atoms with Gasteiger partial charge in [-0.05, 0) is 26.1 Å². The van der Waals surface area contributed by atoms with Crippen molar-refractivity contribution in [2.75, 3.05) is 45.7 Å². The maximum absolute atomic E-state index is 12.2. The highest BCUT2D eigenvalue weighted by atomic mass is 19.4. The normalized spacial score (nSPS) is 11.8. The summed E-state index contributed by atoms with van der Waals surface area (Å²) in [7, 11) is 5.80. The fourth-order valence-electron chi connectivity index (χ4n) is 1.76. The second-order valence-corrected chi connectivity index (χ2v) is 5.11. The number of ether oxygens (including phenoxy) is 1. The maximum Gasteiger partial charge on any atom is 0.422 e. The number of alkyl halides is 3. The number of hydrogen-bond donors (Lipinski definition) is 0. The molecule has 0 aliphatic rings. The zero-order valence-electron chi connectivity index (χ0n) is 12.9. The number of aromatic nitrogens is 1. The summed E-state index contributed by atoms with van der Waals surface area (Å²) in [5.74, 6) is 0.662. The third-order valence-corrected chi connectivity index (χ3v) is 2.94. The van der Waals surface area contributed by atoms with Gasteiger partial charge < -0.3 is 14.5 Å². The van der Waals surface area contributed by atoms with Crippen molar-refractivity contribution >= 4 is 5.82 Å². The Labute approximate surface area is 123 Å². The lowest BCUT2D eigenvalue weighted by atomic mass is 10.2. The van der Waals surface area contributed by atoms with Gasteiger partial charge in [0, 0.05) is 26.2 Å². The zero-order valence-corrected chi connectivity index (χ0v) is 12.9. The second-order valence-electron chi connectivity index (χ2n) is 5.11. The molecule has 0 saturated carbocycles. The highest BCUT2D eigenvalue weighted by molar-refractivity contribution is 5.48. The van der Waals surface area contributed by atoms with E-state index in [-0.39, 0.29) is 5.88 Å². The van der Waals surface area contributed by atoms with Crippen molar-refractivity contribution in [1.29, 1.82) is 0 Å². The molecule has 0 unspecified atom stereocenters. The Morgan fingerprint density at radius 3 is 2.33 bits per heavy atom. The Hall–Kier alpha value is -1.50. The molecule has 7 heteroatoms. The molecule has 0 radical (unpaired) electrons. The van der Waals surface area contributed by atoms with E-state index in [1.54, 1.807) is 6.07 Å². The molecule has 0 atom stereocenters. The SMILES string of the molecule is CCc1ccc(OCC(F)(F)F)nc1N(C)CCN(C)C. The van der Waals surface area contributed by atoms with Crippen LogP contribution in [0.1, 0.15) is 12.5 Å². The van der Waals surface area contributed by atoms with Gasteiger partial charge in [-0.3, -0.25) is 0 Å². The number of nitrogens with zero attached hydrogens (tertiary/aromatic N) is 3. The van der Waals surface area contributed by atoms with Gasteiger partial charge in [-0.2, -0.15) is 18.2 Å².